The lowest BCUT2D eigenvalue weighted by Crippen LogP contribution is -2.35. The number of aliphatic hydroxyl groups excluding tert-OH is 1. The predicted molar refractivity (Wildman–Crippen MR) is 63.8 cm³/mol. The van der Waals surface area contributed by atoms with Crippen molar-refractivity contribution in [1.82, 2.24) is 4.31 Å². The molecule has 0 amide bonds. The second-order valence-corrected chi connectivity index (χ2v) is 6.97. The molecular formula is C10H15NO3S2. The van der Waals surface area contributed by atoms with Crippen LogP contribution in [0.25, 0.3) is 0 Å². The third-order valence-corrected chi connectivity index (χ3v) is 5.25. The smallest absolute Gasteiger partial charge is 0.216 e. The van der Waals surface area contributed by atoms with Gasteiger partial charge in [-0.25, -0.2) is 8.42 Å². The van der Waals surface area contributed by atoms with Crippen LogP contribution in [0.4, 0.5) is 0 Å². The van der Waals surface area contributed by atoms with Gasteiger partial charge in [0.2, 0.25) is 10.0 Å². The van der Waals surface area contributed by atoms with Crippen molar-refractivity contribution in [2.45, 2.75) is 25.4 Å². The Hall–Kier alpha value is -0.430. The maximum Gasteiger partial charge on any atom is 0.216 e. The van der Waals surface area contributed by atoms with Gasteiger partial charge in [-0.15, -0.1) is 11.3 Å². The van der Waals surface area contributed by atoms with Crippen molar-refractivity contribution in [2.24, 2.45) is 0 Å². The third kappa shape index (κ3) is 2.82. The lowest BCUT2D eigenvalue weighted by Gasteiger charge is -2.20. The number of aliphatic hydroxyl groups is 1. The van der Waals surface area contributed by atoms with E-state index in [9.17, 15) is 8.42 Å². The normalized spacial score (nSPS) is 16.9. The van der Waals surface area contributed by atoms with Gasteiger partial charge in [0.05, 0.1) is 12.4 Å². The summed E-state index contributed by atoms with van der Waals surface area (Å²) >= 11 is 1.56. The van der Waals surface area contributed by atoms with Crippen molar-refractivity contribution in [3.8, 4) is 0 Å². The number of sulfonamides is 1. The summed E-state index contributed by atoms with van der Waals surface area (Å²) in [6.45, 7) is 0.140. The molecular weight excluding hydrogens is 246 g/mol. The molecule has 1 saturated carbocycles. The fraction of sp³-hybridized carbons (Fsp3) is 0.600. The molecule has 1 heterocycles. The summed E-state index contributed by atoms with van der Waals surface area (Å²) in [6, 6.07) is 4.01. The minimum atomic E-state index is -3.30. The first-order valence-electron chi connectivity index (χ1n) is 5.26. The quantitative estimate of drug-likeness (QED) is 0.832. The van der Waals surface area contributed by atoms with Gasteiger partial charge < -0.3 is 5.11 Å². The molecule has 1 aliphatic carbocycles. The zero-order chi connectivity index (χ0) is 11.6. The van der Waals surface area contributed by atoms with E-state index in [4.69, 9.17) is 5.11 Å². The fourth-order valence-electron chi connectivity index (χ4n) is 1.61. The Bertz CT molecular complexity index is 423. The minimum Gasteiger partial charge on any atom is -0.395 e. The van der Waals surface area contributed by atoms with Crippen LogP contribution >= 0.6 is 11.3 Å². The van der Waals surface area contributed by atoms with E-state index in [1.54, 1.807) is 11.3 Å². The van der Waals surface area contributed by atoms with Crippen LogP contribution in [-0.4, -0.2) is 36.2 Å². The molecule has 1 N–H and O–H groups in total. The van der Waals surface area contributed by atoms with Crippen LogP contribution in [0.5, 0.6) is 0 Å². The van der Waals surface area contributed by atoms with E-state index in [0.717, 1.165) is 17.7 Å². The molecule has 6 heteroatoms. The average molecular weight is 261 g/mol. The number of rotatable bonds is 6. The summed E-state index contributed by atoms with van der Waals surface area (Å²) in [6.07, 6.45) is 1.88. The number of thiophene rings is 1. The van der Waals surface area contributed by atoms with E-state index < -0.39 is 10.0 Å². The maximum atomic E-state index is 11.9. The van der Waals surface area contributed by atoms with E-state index in [1.807, 2.05) is 17.5 Å². The molecule has 90 valence electrons. The van der Waals surface area contributed by atoms with Crippen LogP contribution in [0, 0.1) is 0 Å². The molecule has 0 radical (unpaired) electrons. The minimum absolute atomic E-state index is 0.152. The van der Waals surface area contributed by atoms with E-state index in [2.05, 4.69) is 0 Å². The van der Waals surface area contributed by atoms with E-state index in [0.29, 0.717) is 6.54 Å². The Kier molecular flexibility index (Phi) is 3.63. The molecule has 0 bridgehead atoms. The molecule has 1 aromatic rings. The Morgan fingerprint density at radius 2 is 2.25 bits per heavy atom. The highest BCUT2D eigenvalue weighted by molar-refractivity contribution is 7.89. The highest BCUT2D eigenvalue weighted by Crippen LogP contribution is 2.31. The molecule has 4 nitrogen and oxygen atoms in total. The standard InChI is InChI=1S/C10H15NO3S2/c12-5-7-16(13,14)11(9-3-4-9)8-10-2-1-6-15-10/h1-2,6,9,12H,3-5,7-8H2. The molecule has 0 aliphatic heterocycles. The van der Waals surface area contributed by atoms with Crippen LogP contribution in [0.1, 0.15) is 17.7 Å². The lowest BCUT2D eigenvalue weighted by molar-refractivity contribution is 0.312. The second-order valence-electron chi connectivity index (χ2n) is 3.90. The highest BCUT2D eigenvalue weighted by Gasteiger charge is 2.36. The van der Waals surface area contributed by atoms with Gasteiger partial charge in [0.25, 0.3) is 0 Å². The molecule has 0 atom stereocenters. The van der Waals surface area contributed by atoms with Gasteiger partial charge in [0.1, 0.15) is 0 Å². The molecule has 0 saturated heterocycles. The summed E-state index contributed by atoms with van der Waals surface area (Å²) in [5, 5.41) is 10.7. The van der Waals surface area contributed by atoms with Gasteiger partial charge in [-0.2, -0.15) is 4.31 Å². The van der Waals surface area contributed by atoms with E-state index in [-0.39, 0.29) is 18.4 Å². The first-order valence-corrected chi connectivity index (χ1v) is 7.75. The van der Waals surface area contributed by atoms with Crippen LogP contribution < -0.4 is 0 Å². The Balaban J connectivity index is 2.11. The topological polar surface area (TPSA) is 57.6 Å². The van der Waals surface area contributed by atoms with Crippen molar-refractivity contribution in [3.05, 3.63) is 22.4 Å². The number of hydrogen-bond acceptors (Lipinski definition) is 4. The van der Waals surface area contributed by atoms with Crippen LogP contribution in [0.15, 0.2) is 17.5 Å². The van der Waals surface area contributed by atoms with Crippen molar-refractivity contribution in [2.75, 3.05) is 12.4 Å². The Morgan fingerprint density at radius 3 is 2.75 bits per heavy atom. The fourth-order valence-corrected chi connectivity index (χ4v) is 3.86. The SMILES string of the molecule is O=S(=O)(CCO)N(Cc1cccs1)C1CC1. The Morgan fingerprint density at radius 1 is 1.50 bits per heavy atom. The van der Waals surface area contributed by atoms with Crippen LogP contribution in [0.3, 0.4) is 0 Å². The van der Waals surface area contributed by atoms with E-state index >= 15 is 0 Å². The summed E-state index contributed by atoms with van der Waals surface area (Å²) in [7, 11) is -3.30. The number of hydrogen-bond donors (Lipinski definition) is 1. The molecule has 0 unspecified atom stereocenters. The molecule has 1 aliphatic rings. The van der Waals surface area contributed by atoms with Gasteiger partial charge in [-0.3, -0.25) is 0 Å². The van der Waals surface area contributed by atoms with Crippen molar-refractivity contribution in [3.63, 3.8) is 0 Å². The molecule has 1 fully saturated rings. The zero-order valence-corrected chi connectivity index (χ0v) is 10.5. The van der Waals surface area contributed by atoms with Gasteiger partial charge >= 0.3 is 0 Å². The first kappa shape index (κ1) is 12.0. The van der Waals surface area contributed by atoms with Crippen molar-refractivity contribution < 1.29 is 13.5 Å². The maximum absolute atomic E-state index is 11.9. The van der Waals surface area contributed by atoms with Gasteiger partial charge in [0, 0.05) is 17.5 Å². The van der Waals surface area contributed by atoms with Crippen LogP contribution in [0.2, 0.25) is 0 Å². The number of nitrogens with zero attached hydrogens (tertiary/aromatic N) is 1. The monoisotopic (exact) mass is 261 g/mol. The largest absolute Gasteiger partial charge is 0.395 e. The molecule has 16 heavy (non-hydrogen) atoms. The molecule has 2 rings (SSSR count). The summed E-state index contributed by atoms with van der Waals surface area (Å²) in [5.41, 5.74) is 0. The van der Waals surface area contributed by atoms with Gasteiger partial charge in [0.15, 0.2) is 0 Å². The first-order chi connectivity index (χ1) is 7.63. The Labute approximate surface area is 99.6 Å². The summed E-state index contributed by atoms with van der Waals surface area (Å²) in [5.74, 6) is -0.172. The van der Waals surface area contributed by atoms with Gasteiger partial charge in [-0.1, -0.05) is 6.07 Å². The lowest BCUT2D eigenvalue weighted by atomic mass is 10.4. The summed E-state index contributed by atoms with van der Waals surface area (Å²) in [4.78, 5) is 1.05. The van der Waals surface area contributed by atoms with Crippen LogP contribution in [-0.2, 0) is 16.6 Å². The van der Waals surface area contributed by atoms with Crippen molar-refractivity contribution in [1.29, 1.82) is 0 Å². The second kappa shape index (κ2) is 4.83. The zero-order valence-electron chi connectivity index (χ0n) is 8.87. The third-order valence-electron chi connectivity index (χ3n) is 2.55. The van der Waals surface area contributed by atoms with E-state index in [1.165, 1.54) is 4.31 Å². The van der Waals surface area contributed by atoms with Crippen molar-refractivity contribution >= 4 is 21.4 Å². The van der Waals surface area contributed by atoms with Gasteiger partial charge in [-0.05, 0) is 24.3 Å². The molecule has 1 aromatic heterocycles. The molecule has 0 aromatic carbocycles. The predicted octanol–water partition coefficient (Wildman–Crippen LogP) is 1.03. The average Bonchev–Trinajstić information content (AvgIpc) is 2.92. The molecule has 0 spiro atoms. The highest BCUT2D eigenvalue weighted by atomic mass is 32.2. The summed E-state index contributed by atoms with van der Waals surface area (Å²) < 4.78 is 25.4.